The lowest BCUT2D eigenvalue weighted by Gasteiger charge is -2.24. The number of carboxylic acid groups (broad SMARTS) is 1. The third kappa shape index (κ3) is 9.19. The Hall–Kier alpha value is -3.71. The molecule has 0 saturated carbocycles. The van der Waals surface area contributed by atoms with Crippen molar-refractivity contribution in [1.82, 2.24) is 29.6 Å². The third-order valence-corrected chi connectivity index (χ3v) is 6.65. The van der Waals surface area contributed by atoms with Gasteiger partial charge in [-0.3, -0.25) is 0 Å². The van der Waals surface area contributed by atoms with Crippen LogP contribution in [-0.2, 0) is 22.4 Å². The Balaban J connectivity index is 1.29. The van der Waals surface area contributed by atoms with Gasteiger partial charge in [-0.15, -0.1) is 0 Å². The van der Waals surface area contributed by atoms with Crippen LogP contribution >= 0.6 is 0 Å². The second-order valence-corrected chi connectivity index (χ2v) is 9.64. The first-order valence-electron chi connectivity index (χ1n) is 13.6. The van der Waals surface area contributed by atoms with E-state index in [1.807, 2.05) is 0 Å². The van der Waals surface area contributed by atoms with E-state index in [9.17, 15) is 18.7 Å². The fourth-order valence-electron chi connectivity index (χ4n) is 4.55. The van der Waals surface area contributed by atoms with Crippen LogP contribution in [-0.4, -0.2) is 92.6 Å². The van der Waals surface area contributed by atoms with Crippen LogP contribution in [0.2, 0.25) is 0 Å². The van der Waals surface area contributed by atoms with Crippen LogP contribution in [0.15, 0.2) is 43.0 Å². The number of fused-ring (bicyclic) bond motifs is 1. The molecule has 1 atom stereocenters. The van der Waals surface area contributed by atoms with Gasteiger partial charge >= 0.3 is 5.97 Å². The number of nitrogens with one attached hydrogen (secondary N) is 2. The van der Waals surface area contributed by atoms with Gasteiger partial charge in [0.15, 0.2) is 5.82 Å². The highest BCUT2D eigenvalue weighted by molar-refractivity contribution is 5.76. The predicted octanol–water partition coefficient (Wildman–Crippen LogP) is 3.28. The molecule has 3 aromatic rings. The fourth-order valence-corrected chi connectivity index (χ4v) is 4.55. The average Bonchev–Trinajstić information content (AvgIpc) is 3.50. The first-order valence-corrected chi connectivity index (χ1v) is 13.6. The SMILES string of the molecule is O=C(O)[C@H](CCN(CCCCc1ccc2c(n1)NCCC2)CCOCC(F)F)Nc1cc(-n2cccn2)ncn1. The number of ether oxygens (including phenoxy) is 1. The Labute approximate surface area is 232 Å². The molecule has 0 spiro atoms. The third-order valence-electron chi connectivity index (χ3n) is 6.65. The van der Waals surface area contributed by atoms with Gasteiger partial charge in [0.05, 0.1) is 6.61 Å². The predicted molar refractivity (Wildman–Crippen MR) is 146 cm³/mol. The highest BCUT2D eigenvalue weighted by atomic mass is 19.3. The monoisotopic (exact) mass is 558 g/mol. The number of unbranched alkanes of at least 4 members (excludes halogenated alkanes) is 1. The average molecular weight is 559 g/mol. The number of hydrogen-bond acceptors (Lipinski definition) is 9. The summed E-state index contributed by atoms with van der Waals surface area (Å²) in [4.78, 5) is 27.1. The van der Waals surface area contributed by atoms with E-state index in [-0.39, 0.29) is 13.0 Å². The summed E-state index contributed by atoms with van der Waals surface area (Å²) in [7, 11) is 0. The standard InChI is InChI=1S/C27H36F2N8O3/c28-23(29)18-40-16-15-36(12-2-1-6-21-8-7-20-5-3-10-30-26(20)34-21)14-9-22(27(38)39)35-24-17-25(32-19-31-24)37-13-4-11-33-37/h4,7-8,11,13,17,19,22-23H,1-3,5-6,9-10,12,14-16,18H2,(H,30,34)(H,38,39)(H,31,32,35)/t22-/m0/s1. The molecule has 13 heteroatoms. The number of aliphatic carboxylic acids is 1. The van der Waals surface area contributed by atoms with Gasteiger partial charge in [0, 0.05) is 43.8 Å². The molecule has 40 heavy (non-hydrogen) atoms. The highest BCUT2D eigenvalue weighted by Gasteiger charge is 2.20. The molecule has 4 heterocycles. The van der Waals surface area contributed by atoms with E-state index in [4.69, 9.17) is 9.72 Å². The molecule has 0 saturated heterocycles. The van der Waals surface area contributed by atoms with Crippen molar-refractivity contribution in [3.8, 4) is 5.82 Å². The molecule has 1 aliphatic heterocycles. The molecule has 1 aliphatic rings. The first kappa shape index (κ1) is 29.3. The lowest BCUT2D eigenvalue weighted by atomic mass is 10.1. The largest absolute Gasteiger partial charge is 0.480 e. The van der Waals surface area contributed by atoms with Gasteiger partial charge in [-0.05, 0) is 62.8 Å². The van der Waals surface area contributed by atoms with E-state index in [0.29, 0.717) is 31.3 Å². The molecule has 216 valence electrons. The zero-order valence-electron chi connectivity index (χ0n) is 22.4. The highest BCUT2D eigenvalue weighted by Crippen LogP contribution is 2.20. The number of anilines is 2. The van der Waals surface area contributed by atoms with Crippen molar-refractivity contribution in [2.75, 3.05) is 50.0 Å². The van der Waals surface area contributed by atoms with Crippen molar-refractivity contribution in [1.29, 1.82) is 0 Å². The summed E-state index contributed by atoms with van der Waals surface area (Å²) in [6.45, 7) is 2.03. The van der Waals surface area contributed by atoms with E-state index in [1.54, 1.807) is 29.2 Å². The Kier molecular flexibility index (Phi) is 11.1. The van der Waals surface area contributed by atoms with Crippen molar-refractivity contribution in [2.24, 2.45) is 0 Å². The number of carbonyl (C=O) groups is 1. The molecule has 3 aromatic heterocycles. The number of aryl methyl sites for hydroxylation is 2. The van der Waals surface area contributed by atoms with Gasteiger partial charge in [-0.1, -0.05) is 6.07 Å². The lowest BCUT2D eigenvalue weighted by molar-refractivity contribution is -0.138. The fraction of sp³-hybridized carbons (Fsp3) is 0.519. The topological polar surface area (TPSA) is 130 Å². The molecule has 0 radical (unpaired) electrons. The zero-order chi connectivity index (χ0) is 28.2. The molecule has 0 aliphatic carbocycles. The first-order chi connectivity index (χ1) is 19.5. The van der Waals surface area contributed by atoms with Crippen molar-refractivity contribution in [2.45, 2.75) is 51.0 Å². The molecule has 11 nitrogen and oxygen atoms in total. The van der Waals surface area contributed by atoms with Crippen molar-refractivity contribution < 1.29 is 23.4 Å². The Morgan fingerprint density at radius 3 is 2.92 bits per heavy atom. The van der Waals surface area contributed by atoms with Gasteiger partial charge in [-0.2, -0.15) is 5.10 Å². The van der Waals surface area contributed by atoms with Crippen LogP contribution in [0.5, 0.6) is 0 Å². The van der Waals surface area contributed by atoms with Crippen LogP contribution in [0, 0.1) is 0 Å². The van der Waals surface area contributed by atoms with Gasteiger partial charge in [-0.25, -0.2) is 33.2 Å². The van der Waals surface area contributed by atoms with Crippen molar-refractivity contribution in [3.05, 3.63) is 54.2 Å². The van der Waals surface area contributed by atoms with Gasteiger partial charge in [0.25, 0.3) is 6.43 Å². The van der Waals surface area contributed by atoms with Crippen LogP contribution in [0.4, 0.5) is 20.4 Å². The zero-order valence-corrected chi connectivity index (χ0v) is 22.4. The molecule has 0 unspecified atom stereocenters. The maximum absolute atomic E-state index is 12.5. The molecule has 0 bridgehead atoms. The summed E-state index contributed by atoms with van der Waals surface area (Å²) in [5.74, 6) is 0.842. The molecule has 0 aromatic carbocycles. The van der Waals surface area contributed by atoms with E-state index in [2.05, 4.69) is 42.7 Å². The number of aromatic nitrogens is 5. The van der Waals surface area contributed by atoms with Crippen molar-refractivity contribution in [3.63, 3.8) is 0 Å². The minimum Gasteiger partial charge on any atom is -0.480 e. The van der Waals surface area contributed by atoms with Crippen LogP contribution in [0.1, 0.15) is 36.9 Å². The Morgan fingerprint density at radius 2 is 2.12 bits per heavy atom. The van der Waals surface area contributed by atoms with Crippen LogP contribution < -0.4 is 10.6 Å². The second-order valence-electron chi connectivity index (χ2n) is 9.64. The maximum Gasteiger partial charge on any atom is 0.326 e. The summed E-state index contributed by atoms with van der Waals surface area (Å²) in [6, 6.07) is 6.71. The van der Waals surface area contributed by atoms with Gasteiger partial charge in [0.2, 0.25) is 0 Å². The van der Waals surface area contributed by atoms with Crippen LogP contribution in [0.3, 0.4) is 0 Å². The minimum absolute atomic E-state index is 0.146. The smallest absolute Gasteiger partial charge is 0.326 e. The number of alkyl halides is 2. The van der Waals surface area contributed by atoms with Gasteiger partial charge in [0.1, 0.15) is 30.6 Å². The molecule has 0 amide bonds. The van der Waals surface area contributed by atoms with E-state index < -0.39 is 25.0 Å². The lowest BCUT2D eigenvalue weighted by Crippen LogP contribution is -2.37. The summed E-state index contributed by atoms with van der Waals surface area (Å²) in [5, 5.41) is 20.3. The Bertz CT molecular complexity index is 1200. The maximum atomic E-state index is 12.5. The number of halogens is 2. The summed E-state index contributed by atoms with van der Waals surface area (Å²) < 4.78 is 31.7. The molecular weight excluding hydrogens is 522 g/mol. The van der Waals surface area contributed by atoms with E-state index in [1.165, 1.54) is 11.9 Å². The molecule has 0 fully saturated rings. The Morgan fingerprint density at radius 1 is 1.23 bits per heavy atom. The minimum atomic E-state index is -2.52. The molecular formula is C27H36F2N8O3. The van der Waals surface area contributed by atoms with E-state index in [0.717, 1.165) is 50.2 Å². The van der Waals surface area contributed by atoms with E-state index >= 15 is 0 Å². The number of carboxylic acids is 1. The summed E-state index contributed by atoms with van der Waals surface area (Å²) in [6.07, 6.45) is 7.21. The number of nitrogens with zero attached hydrogens (tertiary/aromatic N) is 6. The van der Waals surface area contributed by atoms with Crippen molar-refractivity contribution >= 4 is 17.6 Å². The number of pyridine rings is 1. The normalized spacial score (nSPS) is 13.7. The van der Waals surface area contributed by atoms with Crippen LogP contribution in [0.25, 0.3) is 5.82 Å². The molecule has 4 rings (SSSR count). The summed E-state index contributed by atoms with van der Waals surface area (Å²) in [5.41, 5.74) is 2.29. The quantitative estimate of drug-likeness (QED) is 0.212. The summed E-state index contributed by atoms with van der Waals surface area (Å²) >= 11 is 0. The van der Waals surface area contributed by atoms with Gasteiger partial charge < -0.3 is 25.4 Å². The number of rotatable bonds is 17. The molecule has 3 N–H and O–H groups in total. The number of hydrogen-bond donors (Lipinski definition) is 3. The second kappa shape index (κ2) is 15.2.